The summed E-state index contributed by atoms with van der Waals surface area (Å²) < 4.78 is 1.73. The van der Waals surface area contributed by atoms with Crippen LogP contribution >= 0.6 is 0 Å². The van der Waals surface area contributed by atoms with Crippen LogP contribution in [0.1, 0.15) is 23.1 Å². The predicted octanol–water partition coefficient (Wildman–Crippen LogP) is 2.68. The minimum atomic E-state index is -0.0475. The fourth-order valence-electron chi connectivity index (χ4n) is 3.48. The molecule has 0 spiro atoms. The van der Waals surface area contributed by atoms with Gasteiger partial charge in [-0.3, -0.25) is 4.79 Å². The van der Waals surface area contributed by atoms with E-state index in [9.17, 15) is 4.79 Å². The van der Waals surface area contributed by atoms with Crippen LogP contribution in [0.15, 0.2) is 54.6 Å². The molecule has 1 saturated heterocycles. The van der Waals surface area contributed by atoms with Crippen LogP contribution < -0.4 is 5.32 Å². The number of aromatic nitrogens is 3. The van der Waals surface area contributed by atoms with Gasteiger partial charge in [-0.1, -0.05) is 47.7 Å². The van der Waals surface area contributed by atoms with Crippen molar-refractivity contribution < 1.29 is 4.79 Å². The number of carbonyl (C=O) groups excluding carboxylic acids is 1. The molecular formula is C21H23N5O. The van der Waals surface area contributed by atoms with E-state index in [0.29, 0.717) is 12.2 Å². The van der Waals surface area contributed by atoms with Crippen LogP contribution in [-0.2, 0) is 0 Å². The number of hydrogen-bond donors (Lipinski definition) is 1. The number of nitrogens with one attached hydrogen (secondary N) is 1. The average Bonchev–Trinajstić information content (AvgIpc) is 3.10. The van der Waals surface area contributed by atoms with Gasteiger partial charge in [0.25, 0.3) is 5.91 Å². The Labute approximate surface area is 158 Å². The van der Waals surface area contributed by atoms with E-state index in [4.69, 9.17) is 0 Å². The van der Waals surface area contributed by atoms with Crippen LogP contribution in [0.2, 0.25) is 0 Å². The van der Waals surface area contributed by atoms with Crippen LogP contribution in [0.25, 0.3) is 16.8 Å². The molecule has 1 amide bonds. The Hall–Kier alpha value is -2.99. The minimum Gasteiger partial charge on any atom is -0.332 e. The molecule has 1 aliphatic rings. The van der Waals surface area contributed by atoms with Gasteiger partial charge in [0.05, 0.1) is 11.4 Å². The highest BCUT2D eigenvalue weighted by Gasteiger charge is 2.28. The Morgan fingerprint density at radius 1 is 1.07 bits per heavy atom. The fourth-order valence-corrected chi connectivity index (χ4v) is 3.48. The Morgan fingerprint density at radius 3 is 2.48 bits per heavy atom. The average molecular weight is 361 g/mol. The van der Waals surface area contributed by atoms with E-state index < -0.39 is 0 Å². The number of piperazine rings is 1. The highest BCUT2D eigenvalue weighted by molar-refractivity contribution is 5.93. The second-order valence-electron chi connectivity index (χ2n) is 6.90. The molecule has 27 heavy (non-hydrogen) atoms. The number of hydrogen-bond acceptors (Lipinski definition) is 4. The predicted molar refractivity (Wildman–Crippen MR) is 105 cm³/mol. The lowest BCUT2D eigenvalue weighted by Crippen LogP contribution is -2.52. The maximum Gasteiger partial charge on any atom is 0.276 e. The van der Waals surface area contributed by atoms with E-state index in [-0.39, 0.29) is 11.9 Å². The van der Waals surface area contributed by atoms with Crippen LogP contribution in [0.4, 0.5) is 0 Å². The maximum absolute atomic E-state index is 12.9. The zero-order chi connectivity index (χ0) is 18.8. The van der Waals surface area contributed by atoms with Gasteiger partial charge >= 0.3 is 0 Å². The molecule has 138 valence electrons. The van der Waals surface area contributed by atoms with Gasteiger partial charge in [-0.25, -0.2) is 4.68 Å². The Balaban J connectivity index is 1.59. The largest absolute Gasteiger partial charge is 0.332 e. The van der Waals surface area contributed by atoms with Gasteiger partial charge in [0.2, 0.25) is 0 Å². The minimum absolute atomic E-state index is 0.0475. The van der Waals surface area contributed by atoms with Crippen molar-refractivity contribution in [2.45, 2.75) is 19.9 Å². The zero-order valence-corrected chi connectivity index (χ0v) is 15.6. The summed E-state index contributed by atoms with van der Waals surface area (Å²) in [5.41, 5.74) is 4.40. The lowest BCUT2D eigenvalue weighted by atomic mass is 10.1. The van der Waals surface area contributed by atoms with E-state index >= 15 is 0 Å². The van der Waals surface area contributed by atoms with Gasteiger partial charge in [-0.05, 0) is 37.1 Å². The number of rotatable bonds is 3. The molecule has 1 N–H and O–H groups in total. The number of carbonyl (C=O) groups is 1. The van der Waals surface area contributed by atoms with E-state index in [0.717, 1.165) is 30.0 Å². The molecule has 0 radical (unpaired) electrons. The molecule has 2 aromatic carbocycles. The summed E-state index contributed by atoms with van der Waals surface area (Å²) in [6, 6.07) is 18.5. The van der Waals surface area contributed by atoms with Gasteiger partial charge in [0.1, 0.15) is 0 Å². The molecule has 6 heteroatoms. The SMILES string of the molecule is Cc1c(C(=O)N2CCNC[C@@H]2C)nnn1-c1ccc(-c2ccccc2)cc1. The van der Waals surface area contributed by atoms with Gasteiger partial charge in [-0.15, -0.1) is 5.10 Å². The second kappa shape index (κ2) is 7.32. The Morgan fingerprint density at radius 2 is 1.78 bits per heavy atom. The Bertz CT molecular complexity index is 933. The van der Waals surface area contributed by atoms with E-state index in [1.165, 1.54) is 5.56 Å². The van der Waals surface area contributed by atoms with Crippen LogP contribution in [0.5, 0.6) is 0 Å². The van der Waals surface area contributed by atoms with Crippen molar-refractivity contribution in [3.63, 3.8) is 0 Å². The molecular weight excluding hydrogens is 338 g/mol. The summed E-state index contributed by atoms with van der Waals surface area (Å²) in [5.74, 6) is -0.0475. The monoisotopic (exact) mass is 361 g/mol. The molecule has 1 fully saturated rings. The van der Waals surface area contributed by atoms with Crippen molar-refractivity contribution in [1.82, 2.24) is 25.2 Å². The standard InChI is InChI=1S/C21H23N5O/c1-15-14-22-12-13-25(15)21(27)20-16(2)26(24-23-20)19-10-8-18(9-11-19)17-6-4-3-5-7-17/h3-11,15,22H,12-14H2,1-2H3/t15-/m0/s1. The first-order valence-corrected chi connectivity index (χ1v) is 9.25. The number of amides is 1. The molecule has 1 atom stereocenters. The van der Waals surface area contributed by atoms with Crippen molar-refractivity contribution >= 4 is 5.91 Å². The summed E-state index contributed by atoms with van der Waals surface area (Å²) in [7, 11) is 0. The Kier molecular flexibility index (Phi) is 4.73. The van der Waals surface area contributed by atoms with E-state index in [1.54, 1.807) is 4.68 Å². The first-order chi connectivity index (χ1) is 13.1. The van der Waals surface area contributed by atoms with Crippen LogP contribution in [-0.4, -0.2) is 51.5 Å². The van der Waals surface area contributed by atoms with Gasteiger partial charge < -0.3 is 10.2 Å². The van der Waals surface area contributed by atoms with Gasteiger partial charge in [0.15, 0.2) is 5.69 Å². The third-order valence-corrected chi connectivity index (χ3v) is 5.08. The van der Waals surface area contributed by atoms with Crippen molar-refractivity contribution in [1.29, 1.82) is 0 Å². The molecule has 6 nitrogen and oxygen atoms in total. The summed E-state index contributed by atoms with van der Waals surface area (Å²) in [4.78, 5) is 14.8. The van der Waals surface area contributed by atoms with Crippen LogP contribution in [0.3, 0.4) is 0 Å². The molecule has 0 bridgehead atoms. The van der Waals surface area contributed by atoms with E-state index in [2.05, 4.69) is 39.9 Å². The van der Waals surface area contributed by atoms with Crippen molar-refractivity contribution in [2.75, 3.05) is 19.6 Å². The van der Waals surface area contributed by atoms with Gasteiger partial charge in [0, 0.05) is 25.7 Å². The first kappa shape index (κ1) is 17.4. The normalized spacial score (nSPS) is 17.1. The summed E-state index contributed by atoms with van der Waals surface area (Å²) in [6.07, 6.45) is 0. The van der Waals surface area contributed by atoms with E-state index in [1.807, 2.05) is 49.1 Å². The zero-order valence-electron chi connectivity index (χ0n) is 15.6. The lowest BCUT2D eigenvalue weighted by molar-refractivity contribution is 0.0649. The molecule has 2 heterocycles. The molecule has 3 aromatic rings. The number of benzene rings is 2. The third-order valence-electron chi connectivity index (χ3n) is 5.08. The van der Waals surface area contributed by atoms with Crippen molar-refractivity contribution in [3.05, 3.63) is 66.0 Å². The van der Waals surface area contributed by atoms with Crippen molar-refractivity contribution in [3.8, 4) is 16.8 Å². The number of nitrogens with zero attached hydrogens (tertiary/aromatic N) is 4. The first-order valence-electron chi connectivity index (χ1n) is 9.25. The molecule has 1 aromatic heterocycles. The molecule has 0 unspecified atom stereocenters. The summed E-state index contributed by atoms with van der Waals surface area (Å²) in [5, 5.41) is 11.7. The topological polar surface area (TPSA) is 63.1 Å². The molecule has 0 aliphatic carbocycles. The summed E-state index contributed by atoms with van der Waals surface area (Å²) in [6.45, 7) is 6.25. The maximum atomic E-state index is 12.9. The fraction of sp³-hybridized carbons (Fsp3) is 0.286. The second-order valence-corrected chi connectivity index (χ2v) is 6.90. The smallest absolute Gasteiger partial charge is 0.276 e. The summed E-state index contributed by atoms with van der Waals surface area (Å²) >= 11 is 0. The van der Waals surface area contributed by atoms with Crippen molar-refractivity contribution in [2.24, 2.45) is 0 Å². The molecule has 4 rings (SSSR count). The third kappa shape index (κ3) is 3.36. The highest BCUT2D eigenvalue weighted by Crippen LogP contribution is 2.22. The molecule has 1 aliphatic heterocycles. The highest BCUT2D eigenvalue weighted by atomic mass is 16.2. The molecule has 0 saturated carbocycles. The quantitative estimate of drug-likeness (QED) is 0.779. The van der Waals surface area contributed by atoms with Gasteiger partial charge in [-0.2, -0.15) is 0 Å². The lowest BCUT2D eigenvalue weighted by Gasteiger charge is -2.33. The van der Waals surface area contributed by atoms with Crippen LogP contribution in [0, 0.1) is 6.92 Å².